The van der Waals surface area contributed by atoms with E-state index in [1.807, 2.05) is 13.8 Å². The van der Waals surface area contributed by atoms with Crippen molar-refractivity contribution in [3.8, 4) is 0 Å². The molecule has 2 heterocycles. The molecule has 94 valence electrons. The van der Waals surface area contributed by atoms with Crippen molar-refractivity contribution in [2.75, 3.05) is 6.54 Å². The van der Waals surface area contributed by atoms with Crippen LogP contribution >= 0.6 is 0 Å². The number of carboxylic acids is 1. The first-order valence-corrected chi connectivity index (χ1v) is 5.85. The van der Waals surface area contributed by atoms with E-state index in [2.05, 4.69) is 15.5 Å². The van der Waals surface area contributed by atoms with Crippen LogP contribution in [-0.4, -0.2) is 22.7 Å². The van der Waals surface area contributed by atoms with Gasteiger partial charge in [-0.3, -0.25) is 0 Å². The number of hydrogen-bond donors (Lipinski definition) is 1. The number of nitrogens with one attached hydrogen (secondary N) is 1. The fourth-order valence-corrected chi connectivity index (χ4v) is 1.89. The molecule has 1 saturated heterocycles. The Kier molecular flexibility index (Phi) is 5.78. The van der Waals surface area contributed by atoms with Crippen LogP contribution in [0.2, 0.25) is 0 Å². The summed E-state index contributed by atoms with van der Waals surface area (Å²) in [5, 5.41) is 21.7. The molecule has 0 unspecified atom stereocenters. The van der Waals surface area contributed by atoms with Crippen LogP contribution in [0.4, 0.5) is 0 Å². The Hall–Kier alpha value is -0.430. The average molecular weight is 261 g/mol. The Bertz CT molecular complexity index is 400. The molecule has 0 radical (unpaired) electrons. The predicted octanol–water partition coefficient (Wildman–Crippen LogP) is -3.01. The molecule has 2 rings (SSSR count). The number of aromatic nitrogens is 2. The second kappa shape index (κ2) is 6.65. The molecule has 0 aromatic carbocycles. The van der Waals surface area contributed by atoms with Crippen LogP contribution in [0.25, 0.3) is 0 Å². The van der Waals surface area contributed by atoms with E-state index in [1.165, 1.54) is 0 Å². The van der Waals surface area contributed by atoms with Gasteiger partial charge in [-0.2, -0.15) is 0 Å². The van der Waals surface area contributed by atoms with E-state index in [1.54, 1.807) is 0 Å². The van der Waals surface area contributed by atoms with Crippen LogP contribution in [0.3, 0.4) is 0 Å². The van der Waals surface area contributed by atoms with E-state index in [-0.39, 0.29) is 41.5 Å². The van der Waals surface area contributed by atoms with Gasteiger partial charge >= 0.3 is 29.6 Å². The molecule has 1 aromatic heterocycles. The van der Waals surface area contributed by atoms with E-state index in [0.717, 1.165) is 0 Å². The smallest absolute Gasteiger partial charge is 0.550 e. The summed E-state index contributed by atoms with van der Waals surface area (Å²) >= 11 is 0. The Labute approximate surface area is 128 Å². The second-order valence-electron chi connectivity index (χ2n) is 4.69. The monoisotopic (exact) mass is 261 g/mol. The number of nitrogens with zero attached hydrogens (tertiary/aromatic N) is 2. The third kappa shape index (κ3) is 3.54. The topological polar surface area (TPSA) is 91.1 Å². The molecule has 0 aliphatic carbocycles. The van der Waals surface area contributed by atoms with Gasteiger partial charge in [-0.25, -0.2) is 0 Å². The van der Waals surface area contributed by atoms with Gasteiger partial charge in [0, 0.05) is 24.3 Å². The summed E-state index contributed by atoms with van der Waals surface area (Å²) < 4.78 is 5.53. The molecule has 0 amide bonds. The van der Waals surface area contributed by atoms with Gasteiger partial charge in [0.25, 0.3) is 0 Å². The summed E-state index contributed by atoms with van der Waals surface area (Å²) in [6.45, 7) is 4.36. The number of aliphatic carboxylic acids is 1. The van der Waals surface area contributed by atoms with Gasteiger partial charge in [-0.1, -0.05) is 13.8 Å². The summed E-state index contributed by atoms with van der Waals surface area (Å²) in [6, 6.07) is -0.0365. The molecular weight excluding hydrogens is 245 g/mol. The van der Waals surface area contributed by atoms with Gasteiger partial charge in [0.15, 0.2) is 0 Å². The van der Waals surface area contributed by atoms with Crippen LogP contribution < -0.4 is 40.0 Å². The predicted molar refractivity (Wildman–Crippen MR) is 56.9 cm³/mol. The molecule has 6 nitrogen and oxygen atoms in total. The zero-order valence-corrected chi connectivity index (χ0v) is 13.0. The standard InChI is InChI=1S/C11H17N3O3.Na/c1-6(2)9-13-14-10(17-9)8-4-3-7(5-12-8)11(15)16;/h6-8,12H,3-5H2,1-2H3,(H,15,16);/q;+1/p-1/t7-,8+;/m1./s1. The van der Waals surface area contributed by atoms with Crippen molar-refractivity contribution in [3.63, 3.8) is 0 Å². The molecule has 2 atom stereocenters. The van der Waals surface area contributed by atoms with Crippen molar-refractivity contribution in [1.82, 2.24) is 15.5 Å². The maximum absolute atomic E-state index is 10.7. The van der Waals surface area contributed by atoms with Crippen LogP contribution in [0.5, 0.6) is 0 Å². The Balaban J connectivity index is 0.00000162. The van der Waals surface area contributed by atoms with Crippen molar-refractivity contribution in [3.05, 3.63) is 11.8 Å². The molecule has 1 aliphatic rings. The number of carboxylic acid groups (broad SMARTS) is 1. The van der Waals surface area contributed by atoms with Crippen LogP contribution in [0, 0.1) is 5.92 Å². The second-order valence-corrected chi connectivity index (χ2v) is 4.69. The summed E-state index contributed by atoms with van der Waals surface area (Å²) in [5.41, 5.74) is 0. The maximum atomic E-state index is 10.7. The summed E-state index contributed by atoms with van der Waals surface area (Å²) in [5.74, 6) is -0.0479. The Morgan fingerprint density at radius 3 is 2.61 bits per heavy atom. The van der Waals surface area contributed by atoms with Crippen LogP contribution in [0.1, 0.15) is 50.4 Å². The minimum atomic E-state index is -0.996. The Morgan fingerprint density at radius 2 is 2.17 bits per heavy atom. The molecule has 0 spiro atoms. The molecule has 18 heavy (non-hydrogen) atoms. The van der Waals surface area contributed by atoms with Crippen molar-refractivity contribution in [2.24, 2.45) is 5.92 Å². The summed E-state index contributed by atoms with van der Waals surface area (Å²) in [6.07, 6.45) is 1.26. The minimum absolute atomic E-state index is 0. The molecule has 7 heteroatoms. The van der Waals surface area contributed by atoms with E-state index in [4.69, 9.17) is 4.42 Å². The fourth-order valence-electron chi connectivity index (χ4n) is 1.89. The van der Waals surface area contributed by atoms with Crippen LogP contribution in [0.15, 0.2) is 4.42 Å². The molecular formula is C11H16N3NaO3. The van der Waals surface area contributed by atoms with Crippen molar-refractivity contribution in [2.45, 2.75) is 38.6 Å². The van der Waals surface area contributed by atoms with Gasteiger partial charge in [-0.15, -0.1) is 10.2 Å². The number of rotatable bonds is 3. The third-order valence-corrected chi connectivity index (χ3v) is 3.00. The first-order chi connectivity index (χ1) is 8.08. The van der Waals surface area contributed by atoms with Gasteiger partial charge in [0.05, 0.1) is 6.04 Å². The van der Waals surface area contributed by atoms with E-state index < -0.39 is 11.9 Å². The quantitative estimate of drug-likeness (QED) is 0.583. The SMILES string of the molecule is CC(C)c1nnc([C@@H]2CC[C@@H](C(=O)[O-])CN2)o1.[Na+]. The van der Waals surface area contributed by atoms with Gasteiger partial charge in [0.2, 0.25) is 11.8 Å². The van der Waals surface area contributed by atoms with Crippen molar-refractivity contribution < 1.29 is 43.9 Å². The van der Waals surface area contributed by atoms with Gasteiger partial charge < -0.3 is 19.6 Å². The van der Waals surface area contributed by atoms with Crippen molar-refractivity contribution in [1.29, 1.82) is 0 Å². The zero-order valence-electron chi connectivity index (χ0n) is 11.0. The van der Waals surface area contributed by atoms with Crippen molar-refractivity contribution >= 4 is 5.97 Å². The Morgan fingerprint density at radius 1 is 1.44 bits per heavy atom. The summed E-state index contributed by atoms with van der Waals surface area (Å²) in [7, 11) is 0. The first kappa shape index (κ1) is 15.6. The minimum Gasteiger partial charge on any atom is -0.550 e. The number of carbonyl (C=O) groups excluding carboxylic acids is 1. The van der Waals surface area contributed by atoms with E-state index in [9.17, 15) is 9.90 Å². The number of hydrogen-bond acceptors (Lipinski definition) is 6. The normalized spacial score (nSPS) is 23.7. The number of carbonyl (C=O) groups is 1. The molecule has 1 N–H and O–H groups in total. The first-order valence-electron chi connectivity index (χ1n) is 5.85. The molecule has 1 fully saturated rings. The van der Waals surface area contributed by atoms with E-state index >= 15 is 0 Å². The molecule has 1 aliphatic heterocycles. The average Bonchev–Trinajstić information content (AvgIpc) is 2.78. The maximum Gasteiger partial charge on any atom is 1.00 e. The molecule has 0 saturated carbocycles. The van der Waals surface area contributed by atoms with Gasteiger partial charge in [0.1, 0.15) is 0 Å². The number of piperidine rings is 1. The zero-order chi connectivity index (χ0) is 12.4. The summed E-state index contributed by atoms with van der Waals surface area (Å²) in [4.78, 5) is 10.7. The van der Waals surface area contributed by atoms with Gasteiger partial charge in [-0.05, 0) is 12.8 Å². The molecule has 1 aromatic rings. The molecule has 0 bridgehead atoms. The largest absolute Gasteiger partial charge is 1.00 e. The fraction of sp³-hybridized carbons (Fsp3) is 0.727. The van der Waals surface area contributed by atoms with E-state index in [0.29, 0.717) is 31.2 Å². The van der Waals surface area contributed by atoms with Crippen LogP contribution in [-0.2, 0) is 4.79 Å². The third-order valence-electron chi connectivity index (χ3n) is 3.00.